The van der Waals surface area contributed by atoms with E-state index in [1.54, 1.807) is 29.9 Å². The Morgan fingerprint density at radius 2 is 1.91 bits per heavy atom. The Bertz CT molecular complexity index is 1320. The molecule has 8 nitrogen and oxygen atoms in total. The van der Waals surface area contributed by atoms with E-state index in [-0.39, 0.29) is 5.56 Å². The summed E-state index contributed by atoms with van der Waals surface area (Å²) in [5, 5.41) is 5.66. The van der Waals surface area contributed by atoms with Gasteiger partial charge >= 0.3 is 5.97 Å². The Labute approximate surface area is 195 Å². The summed E-state index contributed by atoms with van der Waals surface area (Å²) in [5.74, 6) is 0.0716. The van der Waals surface area contributed by atoms with E-state index >= 15 is 0 Å². The quantitative estimate of drug-likeness (QED) is 0.162. The molecule has 0 atom stereocenters. The highest BCUT2D eigenvalue weighted by Gasteiger charge is 2.15. The van der Waals surface area contributed by atoms with Crippen LogP contribution in [0.1, 0.15) is 22.5 Å². The number of rotatable bonds is 9. The van der Waals surface area contributed by atoms with Crippen molar-refractivity contribution in [2.45, 2.75) is 23.9 Å². The highest BCUT2D eigenvalue weighted by Crippen LogP contribution is 2.23. The van der Waals surface area contributed by atoms with Crippen molar-refractivity contribution in [3.63, 3.8) is 0 Å². The predicted molar refractivity (Wildman–Crippen MR) is 127 cm³/mol. The highest BCUT2D eigenvalue weighted by atomic mass is 32.2. The van der Waals surface area contributed by atoms with E-state index in [9.17, 15) is 9.59 Å². The molecule has 33 heavy (non-hydrogen) atoms. The zero-order chi connectivity index (χ0) is 23.2. The average molecular weight is 465 g/mol. The predicted octanol–water partition coefficient (Wildman–Crippen LogP) is 3.70. The van der Waals surface area contributed by atoms with Crippen LogP contribution in [0.2, 0.25) is 0 Å². The second kappa shape index (κ2) is 10.5. The summed E-state index contributed by atoms with van der Waals surface area (Å²) < 4.78 is 13.4. The van der Waals surface area contributed by atoms with Crippen LogP contribution < -0.4 is 5.56 Å². The van der Waals surface area contributed by atoms with Gasteiger partial charge in [-0.3, -0.25) is 9.36 Å². The fourth-order valence-electron chi connectivity index (χ4n) is 3.42. The first-order valence-electron chi connectivity index (χ1n) is 10.5. The van der Waals surface area contributed by atoms with E-state index in [0.717, 1.165) is 11.4 Å². The number of hydrogen-bond donors (Lipinski definition) is 0. The monoisotopic (exact) mass is 464 g/mol. The maximum Gasteiger partial charge on any atom is 0.337 e. The molecule has 0 saturated heterocycles. The van der Waals surface area contributed by atoms with Crippen molar-refractivity contribution in [1.29, 1.82) is 0 Å². The van der Waals surface area contributed by atoms with Crippen molar-refractivity contribution in [1.82, 2.24) is 19.3 Å². The summed E-state index contributed by atoms with van der Waals surface area (Å²) in [5.41, 5.74) is 2.51. The Morgan fingerprint density at radius 3 is 2.67 bits per heavy atom. The van der Waals surface area contributed by atoms with Gasteiger partial charge in [0.2, 0.25) is 0 Å². The molecule has 0 aliphatic heterocycles. The number of fused-ring (bicyclic) bond motifs is 1. The van der Waals surface area contributed by atoms with Gasteiger partial charge in [-0.25, -0.2) is 14.5 Å². The molecule has 0 spiro atoms. The summed E-state index contributed by atoms with van der Waals surface area (Å²) in [4.78, 5) is 29.9. The van der Waals surface area contributed by atoms with Crippen molar-refractivity contribution >= 4 is 28.6 Å². The van der Waals surface area contributed by atoms with Crippen molar-refractivity contribution in [2.75, 3.05) is 20.8 Å². The number of methoxy groups -OCH3 is 2. The minimum absolute atomic E-state index is 0.148. The molecular formula is C24H24N4O4S. The fourth-order valence-corrected chi connectivity index (χ4v) is 4.35. The SMILES string of the molecule is COCCCn1c(SCc2ccn(-c3ccccc3)n2)nc2cc(C(=O)OC)ccc2c1=O. The molecule has 0 aliphatic carbocycles. The molecule has 0 bridgehead atoms. The van der Waals surface area contributed by atoms with Gasteiger partial charge in [-0.05, 0) is 42.8 Å². The first-order valence-corrected chi connectivity index (χ1v) is 11.4. The number of esters is 1. The fraction of sp³-hybridized carbons (Fsp3) is 0.250. The zero-order valence-corrected chi connectivity index (χ0v) is 19.2. The third-order valence-electron chi connectivity index (χ3n) is 5.09. The first-order chi connectivity index (χ1) is 16.1. The minimum atomic E-state index is -0.469. The van der Waals surface area contributed by atoms with Gasteiger partial charge in [-0.2, -0.15) is 5.10 Å². The Hall–Kier alpha value is -3.43. The van der Waals surface area contributed by atoms with Gasteiger partial charge in [0.1, 0.15) is 0 Å². The number of nitrogens with zero attached hydrogens (tertiary/aromatic N) is 4. The molecule has 0 unspecified atom stereocenters. The van der Waals surface area contributed by atoms with Gasteiger partial charge < -0.3 is 9.47 Å². The Kier molecular flexibility index (Phi) is 7.21. The van der Waals surface area contributed by atoms with E-state index in [1.165, 1.54) is 18.9 Å². The molecule has 2 aromatic heterocycles. The lowest BCUT2D eigenvalue weighted by Crippen LogP contribution is -2.24. The molecule has 4 aromatic rings. The lowest BCUT2D eigenvalue weighted by atomic mass is 10.1. The lowest BCUT2D eigenvalue weighted by molar-refractivity contribution is 0.0601. The number of thioether (sulfide) groups is 1. The molecule has 170 valence electrons. The van der Waals surface area contributed by atoms with E-state index < -0.39 is 5.97 Å². The maximum absolute atomic E-state index is 13.2. The Balaban J connectivity index is 1.65. The van der Waals surface area contributed by atoms with Crippen LogP contribution in [0.5, 0.6) is 0 Å². The van der Waals surface area contributed by atoms with Gasteiger partial charge in [0, 0.05) is 32.2 Å². The summed E-state index contributed by atoms with van der Waals surface area (Å²) in [7, 11) is 2.96. The molecule has 2 heterocycles. The summed E-state index contributed by atoms with van der Waals surface area (Å²) in [6.07, 6.45) is 2.59. The third kappa shape index (κ3) is 5.15. The van der Waals surface area contributed by atoms with Crippen LogP contribution in [-0.4, -0.2) is 46.1 Å². The number of carbonyl (C=O) groups excluding carboxylic acids is 1. The Morgan fingerprint density at radius 1 is 1.09 bits per heavy atom. The number of benzene rings is 2. The molecule has 2 aromatic carbocycles. The smallest absolute Gasteiger partial charge is 0.337 e. The van der Waals surface area contributed by atoms with Crippen LogP contribution in [0, 0.1) is 0 Å². The van der Waals surface area contributed by atoms with E-state index in [0.29, 0.717) is 46.9 Å². The molecule has 0 amide bonds. The second-order valence-electron chi connectivity index (χ2n) is 7.30. The van der Waals surface area contributed by atoms with Crippen LogP contribution in [0.3, 0.4) is 0 Å². The number of aromatic nitrogens is 4. The van der Waals surface area contributed by atoms with Gasteiger partial charge in [-0.1, -0.05) is 30.0 Å². The minimum Gasteiger partial charge on any atom is -0.465 e. The highest BCUT2D eigenvalue weighted by molar-refractivity contribution is 7.98. The lowest BCUT2D eigenvalue weighted by Gasteiger charge is -2.13. The number of carbonyl (C=O) groups is 1. The standard InChI is InChI=1S/C24H24N4O4S/c1-31-14-6-12-27-22(29)20-10-9-17(23(30)32-2)15-21(20)25-24(27)33-16-18-11-13-28(26-18)19-7-4-3-5-8-19/h3-5,7-11,13,15H,6,12,14,16H2,1-2H3. The van der Waals surface area contributed by atoms with E-state index in [4.69, 9.17) is 14.5 Å². The van der Waals surface area contributed by atoms with Gasteiger partial charge in [0.25, 0.3) is 5.56 Å². The largest absolute Gasteiger partial charge is 0.465 e. The van der Waals surface area contributed by atoms with Crippen molar-refractivity contribution < 1.29 is 14.3 Å². The van der Waals surface area contributed by atoms with Crippen LogP contribution in [0.4, 0.5) is 0 Å². The van der Waals surface area contributed by atoms with Crippen LogP contribution >= 0.6 is 11.8 Å². The summed E-state index contributed by atoms with van der Waals surface area (Å²) in [6, 6.07) is 16.6. The molecule has 0 saturated carbocycles. The van der Waals surface area contributed by atoms with Gasteiger partial charge in [0.05, 0.1) is 35.0 Å². The third-order valence-corrected chi connectivity index (χ3v) is 6.10. The number of ether oxygens (including phenoxy) is 2. The summed E-state index contributed by atoms with van der Waals surface area (Å²) >= 11 is 1.43. The first kappa shape index (κ1) is 22.8. The van der Waals surface area contributed by atoms with Gasteiger partial charge in [-0.15, -0.1) is 0 Å². The molecule has 0 aliphatic rings. The van der Waals surface area contributed by atoms with Crippen molar-refractivity contribution in [2.24, 2.45) is 0 Å². The molecule has 4 rings (SSSR count). The molecule has 0 N–H and O–H groups in total. The topological polar surface area (TPSA) is 88.2 Å². The van der Waals surface area contributed by atoms with Crippen LogP contribution in [0.15, 0.2) is 70.7 Å². The zero-order valence-electron chi connectivity index (χ0n) is 18.4. The normalized spacial score (nSPS) is 11.1. The number of hydrogen-bond acceptors (Lipinski definition) is 7. The molecule has 0 radical (unpaired) electrons. The van der Waals surface area contributed by atoms with Crippen molar-refractivity contribution in [3.8, 4) is 5.69 Å². The van der Waals surface area contributed by atoms with Crippen molar-refractivity contribution in [3.05, 3.63) is 82.4 Å². The molecular weight excluding hydrogens is 440 g/mol. The molecule has 9 heteroatoms. The van der Waals surface area contributed by atoms with E-state index in [1.807, 2.05) is 47.3 Å². The van der Waals surface area contributed by atoms with E-state index in [2.05, 4.69) is 5.10 Å². The summed E-state index contributed by atoms with van der Waals surface area (Å²) in [6.45, 7) is 1.02. The van der Waals surface area contributed by atoms with Crippen LogP contribution in [0.25, 0.3) is 16.6 Å². The second-order valence-corrected chi connectivity index (χ2v) is 8.24. The van der Waals surface area contributed by atoms with Gasteiger partial charge in [0.15, 0.2) is 5.16 Å². The maximum atomic E-state index is 13.2. The van der Waals surface area contributed by atoms with Crippen LogP contribution in [-0.2, 0) is 21.8 Å². The average Bonchev–Trinajstić information content (AvgIpc) is 3.33. The number of para-hydroxylation sites is 1. The molecule has 0 fully saturated rings.